The van der Waals surface area contributed by atoms with Gasteiger partial charge in [-0.15, -0.1) is 10.2 Å². The van der Waals surface area contributed by atoms with Crippen LogP contribution in [0.2, 0.25) is 0 Å². The molecule has 0 saturated heterocycles. The van der Waals surface area contributed by atoms with Crippen molar-refractivity contribution in [1.29, 1.82) is 0 Å². The number of nitrogens with zero attached hydrogens (tertiary/aromatic N) is 3. The monoisotopic (exact) mass is 204 g/mol. The highest BCUT2D eigenvalue weighted by atomic mass is 15.5. The minimum atomic E-state index is 0.676. The Morgan fingerprint density at radius 3 is 2.80 bits per heavy atom. The van der Waals surface area contributed by atoms with Crippen molar-refractivity contribution in [3.63, 3.8) is 0 Å². The third-order valence-electron chi connectivity index (χ3n) is 1.91. The Kier molecular flexibility index (Phi) is 5.08. The van der Waals surface area contributed by atoms with Gasteiger partial charge in [0.25, 0.3) is 0 Å². The lowest BCUT2D eigenvalue weighted by Crippen LogP contribution is -1.69. The molecular weight excluding hydrogens is 188 g/mol. The Hall–Kier alpha value is -1.71. The van der Waals surface area contributed by atoms with Crippen LogP contribution in [0, 0.1) is 6.92 Å². The maximum atomic E-state index is 3.57. The zero-order valence-corrected chi connectivity index (χ0v) is 9.14. The Labute approximate surface area is 89.8 Å². The van der Waals surface area contributed by atoms with Gasteiger partial charge >= 0.3 is 0 Å². The van der Waals surface area contributed by atoms with Crippen LogP contribution in [0.25, 0.3) is 0 Å². The fourth-order valence-electron chi connectivity index (χ4n) is 1.07. The molecular formula is C11H16N4. The molecule has 15 heavy (non-hydrogen) atoms. The average molecular weight is 204 g/mol. The van der Waals surface area contributed by atoms with Gasteiger partial charge in [0, 0.05) is 0 Å². The third-order valence-corrected chi connectivity index (χ3v) is 1.91. The summed E-state index contributed by atoms with van der Waals surface area (Å²) < 4.78 is 0. The van der Waals surface area contributed by atoms with Crippen molar-refractivity contribution in [3.8, 4) is 0 Å². The minimum Gasteiger partial charge on any atom is -0.177 e. The summed E-state index contributed by atoms with van der Waals surface area (Å²) in [5.74, 6) is 0.676. The number of rotatable bonds is 1. The molecule has 0 bridgehead atoms. The molecule has 0 amide bonds. The number of aryl methyl sites for hydroxylation is 1. The lowest BCUT2D eigenvalue weighted by Gasteiger charge is -1.89. The van der Waals surface area contributed by atoms with Gasteiger partial charge in [0.2, 0.25) is 0 Å². The van der Waals surface area contributed by atoms with E-state index in [-0.39, 0.29) is 0 Å². The quantitative estimate of drug-likeness (QED) is 0.764. The van der Waals surface area contributed by atoms with Gasteiger partial charge in [0.1, 0.15) is 0 Å². The van der Waals surface area contributed by atoms with Gasteiger partial charge < -0.3 is 0 Å². The summed E-state index contributed by atoms with van der Waals surface area (Å²) in [5, 5.41) is 12.7. The topological polar surface area (TPSA) is 54.5 Å². The molecule has 80 valence electrons. The SMILES string of the molecule is CCC1=CC=CCC=C1.Cc1nn[nH]n1. The number of aromatic amines is 1. The van der Waals surface area contributed by atoms with Gasteiger partial charge in [-0.1, -0.05) is 42.5 Å². The Bertz CT molecular complexity index is 347. The maximum Gasteiger partial charge on any atom is 0.171 e. The van der Waals surface area contributed by atoms with Crippen LogP contribution in [0.15, 0.2) is 36.0 Å². The van der Waals surface area contributed by atoms with E-state index in [2.05, 4.69) is 57.9 Å². The zero-order valence-electron chi connectivity index (χ0n) is 9.14. The summed E-state index contributed by atoms with van der Waals surface area (Å²) in [6, 6.07) is 0. The summed E-state index contributed by atoms with van der Waals surface area (Å²) >= 11 is 0. The van der Waals surface area contributed by atoms with E-state index >= 15 is 0 Å². The van der Waals surface area contributed by atoms with Crippen molar-refractivity contribution >= 4 is 0 Å². The maximum absolute atomic E-state index is 3.57. The smallest absolute Gasteiger partial charge is 0.171 e. The molecule has 0 unspecified atom stereocenters. The molecule has 4 nitrogen and oxygen atoms in total. The molecule has 0 fully saturated rings. The van der Waals surface area contributed by atoms with Crippen LogP contribution >= 0.6 is 0 Å². The second kappa shape index (κ2) is 6.70. The predicted molar refractivity (Wildman–Crippen MR) is 60.2 cm³/mol. The van der Waals surface area contributed by atoms with Gasteiger partial charge in [-0.3, -0.25) is 0 Å². The number of nitrogens with one attached hydrogen (secondary N) is 1. The highest BCUT2D eigenvalue weighted by Gasteiger charge is 1.86. The van der Waals surface area contributed by atoms with Gasteiger partial charge in [-0.2, -0.15) is 5.21 Å². The molecule has 4 heteroatoms. The molecule has 2 rings (SSSR count). The first-order valence-electron chi connectivity index (χ1n) is 5.05. The van der Waals surface area contributed by atoms with Gasteiger partial charge in [0.05, 0.1) is 0 Å². The molecule has 1 heterocycles. The molecule has 1 N–H and O–H groups in total. The van der Waals surface area contributed by atoms with Crippen LogP contribution in [-0.4, -0.2) is 20.6 Å². The predicted octanol–water partition coefficient (Wildman–Crippen LogP) is 2.35. The molecule has 0 aliphatic heterocycles. The second-order valence-corrected chi connectivity index (χ2v) is 3.12. The van der Waals surface area contributed by atoms with E-state index in [0.717, 1.165) is 12.8 Å². The lowest BCUT2D eigenvalue weighted by molar-refractivity contribution is 0.881. The van der Waals surface area contributed by atoms with E-state index in [4.69, 9.17) is 0 Å². The molecule has 0 spiro atoms. The van der Waals surface area contributed by atoms with Gasteiger partial charge in [0.15, 0.2) is 5.82 Å². The van der Waals surface area contributed by atoms with E-state index in [1.165, 1.54) is 5.57 Å². The number of hydrogen-bond donors (Lipinski definition) is 1. The number of allylic oxidation sites excluding steroid dienone is 6. The lowest BCUT2D eigenvalue weighted by atomic mass is 10.2. The first-order chi connectivity index (χ1) is 7.33. The van der Waals surface area contributed by atoms with Crippen LogP contribution in [0.5, 0.6) is 0 Å². The second-order valence-electron chi connectivity index (χ2n) is 3.12. The van der Waals surface area contributed by atoms with E-state index < -0.39 is 0 Å². The number of hydrogen-bond acceptors (Lipinski definition) is 3. The molecule has 0 atom stereocenters. The highest BCUT2D eigenvalue weighted by Crippen LogP contribution is 2.06. The standard InChI is InChI=1S/C9H12.C2H4N4/c1-2-9-7-5-3-4-6-8-9;1-2-3-5-6-4-2/h3,5-8H,2,4H2,1H3;1H3,(H,3,4,5,6). The minimum absolute atomic E-state index is 0.676. The van der Waals surface area contributed by atoms with Crippen molar-refractivity contribution < 1.29 is 0 Å². The van der Waals surface area contributed by atoms with Crippen molar-refractivity contribution in [3.05, 3.63) is 41.8 Å². The number of H-pyrrole nitrogens is 1. The molecule has 1 aliphatic carbocycles. The molecule has 1 aromatic rings. The van der Waals surface area contributed by atoms with E-state index in [1.807, 2.05) is 0 Å². The third kappa shape index (κ3) is 4.90. The zero-order chi connectivity index (χ0) is 10.9. The van der Waals surface area contributed by atoms with Crippen molar-refractivity contribution in [1.82, 2.24) is 20.6 Å². The average Bonchev–Trinajstić information content (AvgIpc) is 2.60. The summed E-state index contributed by atoms with van der Waals surface area (Å²) in [6.45, 7) is 3.94. The molecule has 1 aliphatic rings. The largest absolute Gasteiger partial charge is 0.177 e. The summed E-state index contributed by atoms with van der Waals surface area (Å²) in [5.41, 5.74) is 1.42. The van der Waals surface area contributed by atoms with Crippen molar-refractivity contribution in [2.75, 3.05) is 0 Å². The first kappa shape index (κ1) is 11.4. The van der Waals surface area contributed by atoms with Crippen LogP contribution < -0.4 is 0 Å². The Balaban J connectivity index is 0.000000162. The highest BCUT2D eigenvalue weighted by molar-refractivity contribution is 5.26. The molecule has 1 aromatic heterocycles. The number of aromatic nitrogens is 4. The van der Waals surface area contributed by atoms with E-state index in [9.17, 15) is 0 Å². The van der Waals surface area contributed by atoms with E-state index in [1.54, 1.807) is 6.92 Å². The summed E-state index contributed by atoms with van der Waals surface area (Å²) in [7, 11) is 0. The summed E-state index contributed by atoms with van der Waals surface area (Å²) in [6.07, 6.45) is 13.1. The van der Waals surface area contributed by atoms with Crippen molar-refractivity contribution in [2.45, 2.75) is 26.7 Å². The fourth-order valence-corrected chi connectivity index (χ4v) is 1.07. The van der Waals surface area contributed by atoms with Crippen LogP contribution in [0.4, 0.5) is 0 Å². The Morgan fingerprint density at radius 2 is 2.27 bits per heavy atom. The molecule has 0 aromatic carbocycles. The fraction of sp³-hybridized carbons (Fsp3) is 0.364. The molecule has 0 saturated carbocycles. The Morgan fingerprint density at radius 1 is 1.40 bits per heavy atom. The first-order valence-corrected chi connectivity index (χ1v) is 5.05. The van der Waals surface area contributed by atoms with Crippen LogP contribution in [0.1, 0.15) is 25.6 Å². The van der Waals surface area contributed by atoms with Crippen LogP contribution in [0.3, 0.4) is 0 Å². The van der Waals surface area contributed by atoms with Gasteiger partial charge in [-0.05, 0) is 25.3 Å². The van der Waals surface area contributed by atoms with Gasteiger partial charge in [-0.25, -0.2) is 0 Å². The van der Waals surface area contributed by atoms with Crippen LogP contribution in [-0.2, 0) is 0 Å². The molecule has 0 radical (unpaired) electrons. The normalized spacial score (nSPS) is 13.9. The van der Waals surface area contributed by atoms with E-state index in [0.29, 0.717) is 5.82 Å². The summed E-state index contributed by atoms with van der Waals surface area (Å²) in [4.78, 5) is 0. The number of tetrazole rings is 1. The van der Waals surface area contributed by atoms with Crippen molar-refractivity contribution in [2.24, 2.45) is 0 Å².